The maximum atomic E-state index is 13.0. The van der Waals surface area contributed by atoms with E-state index in [4.69, 9.17) is 10.3 Å². The SMILES string of the molecule is CC1=C(C)C(=O)C(C(C)(C)CC(=O)N[C@@H](CCC(=O)C=[N+]=[N-])C(=O)OC2CCCCC2)=C(C)C1=O. The summed E-state index contributed by atoms with van der Waals surface area (Å²) in [5, 5.41) is 2.66. The number of hydrogen-bond donors (Lipinski definition) is 1. The molecule has 0 spiro atoms. The number of nitrogens with one attached hydrogen (secondary N) is 1. The highest BCUT2D eigenvalue weighted by molar-refractivity contribution is 6.25. The van der Waals surface area contributed by atoms with Gasteiger partial charge in [-0.15, -0.1) is 0 Å². The van der Waals surface area contributed by atoms with E-state index >= 15 is 0 Å². The van der Waals surface area contributed by atoms with Crippen LogP contribution in [0.2, 0.25) is 0 Å². The minimum absolute atomic E-state index is 0.0250. The molecule has 1 saturated carbocycles. The van der Waals surface area contributed by atoms with Gasteiger partial charge in [0.25, 0.3) is 0 Å². The Morgan fingerprint density at radius 1 is 1.06 bits per heavy atom. The predicted octanol–water partition coefficient (Wildman–Crippen LogP) is 3.22. The first kappa shape index (κ1) is 28.1. The van der Waals surface area contributed by atoms with Crippen molar-refractivity contribution in [2.75, 3.05) is 0 Å². The molecular formula is C26H35N3O6. The molecule has 9 heteroatoms. The number of carbonyl (C=O) groups excluding carboxylic acids is 5. The molecule has 0 unspecified atom stereocenters. The van der Waals surface area contributed by atoms with E-state index in [2.05, 4.69) is 10.1 Å². The lowest BCUT2D eigenvalue weighted by Crippen LogP contribution is -2.45. The van der Waals surface area contributed by atoms with E-state index in [-0.39, 0.29) is 42.5 Å². The summed E-state index contributed by atoms with van der Waals surface area (Å²) in [5.74, 6) is -2.11. The highest BCUT2D eigenvalue weighted by Crippen LogP contribution is 2.38. The van der Waals surface area contributed by atoms with Gasteiger partial charge in [-0.2, -0.15) is 4.79 Å². The maximum absolute atomic E-state index is 13.0. The van der Waals surface area contributed by atoms with Crippen molar-refractivity contribution in [1.82, 2.24) is 5.32 Å². The van der Waals surface area contributed by atoms with Crippen LogP contribution in [0.25, 0.3) is 5.53 Å². The zero-order chi connectivity index (χ0) is 26.3. The zero-order valence-corrected chi connectivity index (χ0v) is 21.2. The Kier molecular flexibility index (Phi) is 9.60. The summed E-state index contributed by atoms with van der Waals surface area (Å²) in [4.78, 5) is 65.9. The molecule has 0 radical (unpaired) electrons. The van der Waals surface area contributed by atoms with Gasteiger partial charge in [0.1, 0.15) is 12.1 Å². The fourth-order valence-corrected chi connectivity index (χ4v) is 4.74. The average Bonchev–Trinajstić information content (AvgIpc) is 2.79. The molecule has 1 atom stereocenters. The Morgan fingerprint density at radius 3 is 2.26 bits per heavy atom. The number of Topliss-reactive ketones (excluding diaryl/α,β-unsaturated/α-hetero) is 3. The molecule has 2 rings (SSSR count). The maximum Gasteiger partial charge on any atom is 0.328 e. The number of esters is 1. The van der Waals surface area contributed by atoms with Crippen molar-refractivity contribution in [3.63, 3.8) is 0 Å². The minimum atomic E-state index is -1.07. The van der Waals surface area contributed by atoms with Crippen LogP contribution in [0.4, 0.5) is 0 Å². The topological polar surface area (TPSA) is 143 Å². The van der Waals surface area contributed by atoms with Crippen LogP contribution in [0, 0.1) is 5.41 Å². The summed E-state index contributed by atoms with van der Waals surface area (Å²) in [6.45, 7) is 8.22. The lowest BCUT2D eigenvalue weighted by atomic mass is 9.71. The van der Waals surface area contributed by atoms with Crippen LogP contribution in [-0.2, 0) is 28.7 Å². The molecule has 0 aliphatic heterocycles. The smallest absolute Gasteiger partial charge is 0.328 e. The van der Waals surface area contributed by atoms with Gasteiger partial charge in [-0.05, 0) is 52.9 Å². The number of hydrogen-bond acceptors (Lipinski definition) is 6. The molecule has 1 fully saturated rings. The van der Waals surface area contributed by atoms with Crippen LogP contribution >= 0.6 is 0 Å². The predicted molar refractivity (Wildman–Crippen MR) is 128 cm³/mol. The number of ketones is 3. The Labute approximate surface area is 206 Å². The quantitative estimate of drug-likeness (QED) is 0.165. The Balaban J connectivity index is 2.17. The molecule has 0 saturated heterocycles. The molecule has 0 aromatic carbocycles. The largest absolute Gasteiger partial charge is 0.461 e. The fraction of sp³-hybridized carbons (Fsp3) is 0.615. The molecule has 1 amide bonds. The molecule has 35 heavy (non-hydrogen) atoms. The minimum Gasteiger partial charge on any atom is -0.461 e. The summed E-state index contributed by atoms with van der Waals surface area (Å²) in [5.41, 5.74) is 8.95. The summed E-state index contributed by atoms with van der Waals surface area (Å²) >= 11 is 0. The molecule has 0 heterocycles. The summed E-state index contributed by atoms with van der Waals surface area (Å²) in [6, 6.07) is -1.07. The number of carbonyl (C=O) groups is 5. The van der Waals surface area contributed by atoms with E-state index in [9.17, 15) is 24.0 Å². The number of nitrogens with zero attached hydrogens (tertiary/aromatic N) is 2. The molecule has 1 N–H and O–H groups in total. The van der Waals surface area contributed by atoms with Crippen molar-refractivity contribution in [3.8, 4) is 0 Å². The molecule has 9 nitrogen and oxygen atoms in total. The lowest BCUT2D eigenvalue weighted by Gasteiger charge is -2.32. The van der Waals surface area contributed by atoms with E-state index in [1.807, 2.05) is 0 Å². The van der Waals surface area contributed by atoms with Crippen molar-refractivity contribution in [2.45, 2.75) is 98.1 Å². The second-order valence-electron chi connectivity index (χ2n) is 10.0. The molecular weight excluding hydrogens is 450 g/mol. The first-order valence-electron chi connectivity index (χ1n) is 12.1. The van der Waals surface area contributed by atoms with E-state index in [0.29, 0.717) is 16.7 Å². The highest BCUT2D eigenvalue weighted by Gasteiger charge is 2.39. The first-order valence-corrected chi connectivity index (χ1v) is 12.1. The van der Waals surface area contributed by atoms with Gasteiger partial charge < -0.3 is 15.6 Å². The summed E-state index contributed by atoms with van der Waals surface area (Å²) in [7, 11) is 0. The van der Waals surface area contributed by atoms with E-state index in [1.165, 1.54) is 0 Å². The van der Waals surface area contributed by atoms with Gasteiger partial charge in [0.05, 0.1) is 0 Å². The van der Waals surface area contributed by atoms with Gasteiger partial charge in [-0.1, -0.05) is 20.3 Å². The molecule has 0 aromatic heterocycles. The second kappa shape index (κ2) is 12.0. The standard InChI is InChI=1S/C26H35N3O6/c1-15-16(2)24(33)22(17(3)23(15)32)26(4,5)13-21(31)29-20(12-11-18(30)14-28-27)25(34)35-19-9-7-6-8-10-19/h14,19-20H,6-13H2,1-5H3,(H,29,31)/t20-/m0/s1. The van der Waals surface area contributed by atoms with Gasteiger partial charge in [-0.3, -0.25) is 19.2 Å². The molecule has 190 valence electrons. The van der Waals surface area contributed by atoms with Crippen molar-refractivity contribution in [3.05, 3.63) is 27.8 Å². The molecule has 0 bridgehead atoms. The van der Waals surface area contributed by atoms with Gasteiger partial charge in [0.2, 0.25) is 11.7 Å². The monoisotopic (exact) mass is 485 g/mol. The Bertz CT molecular complexity index is 1020. The van der Waals surface area contributed by atoms with Crippen molar-refractivity contribution < 1.29 is 33.5 Å². The summed E-state index contributed by atoms with van der Waals surface area (Å²) in [6.07, 6.45) is 4.74. The Morgan fingerprint density at radius 2 is 1.66 bits per heavy atom. The van der Waals surface area contributed by atoms with E-state index in [1.54, 1.807) is 34.6 Å². The third-order valence-corrected chi connectivity index (χ3v) is 6.80. The number of rotatable bonds is 10. The van der Waals surface area contributed by atoms with Gasteiger partial charge in [-0.25, -0.2) is 4.79 Å². The normalized spacial score (nSPS) is 18.2. The molecule has 2 aliphatic rings. The zero-order valence-electron chi connectivity index (χ0n) is 21.2. The number of amides is 1. The number of ether oxygens (including phenoxy) is 1. The van der Waals surface area contributed by atoms with Crippen LogP contribution in [0.5, 0.6) is 0 Å². The molecule has 0 aromatic rings. The Hall–Kier alpha value is -3.19. The van der Waals surface area contributed by atoms with E-state index < -0.39 is 29.1 Å². The van der Waals surface area contributed by atoms with Crippen molar-refractivity contribution >= 4 is 35.4 Å². The van der Waals surface area contributed by atoms with Gasteiger partial charge in [0, 0.05) is 40.5 Å². The van der Waals surface area contributed by atoms with Crippen LogP contribution < -0.4 is 5.32 Å². The highest BCUT2D eigenvalue weighted by atomic mass is 16.5. The van der Waals surface area contributed by atoms with Gasteiger partial charge in [0.15, 0.2) is 11.6 Å². The van der Waals surface area contributed by atoms with Gasteiger partial charge >= 0.3 is 12.2 Å². The van der Waals surface area contributed by atoms with Crippen molar-refractivity contribution in [1.29, 1.82) is 0 Å². The number of allylic oxidation sites excluding steroid dienone is 4. The third kappa shape index (κ3) is 7.15. The summed E-state index contributed by atoms with van der Waals surface area (Å²) < 4.78 is 5.60. The van der Waals surface area contributed by atoms with Crippen LogP contribution in [0.1, 0.15) is 86.0 Å². The first-order chi connectivity index (χ1) is 16.4. The average molecular weight is 486 g/mol. The fourth-order valence-electron chi connectivity index (χ4n) is 4.74. The van der Waals surface area contributed by atoms with Crippen molar-refractivity contribution in [2.24, 2.45) is 5.41 Å². The van der Waals surface area contributed by atoms with E-state index in [0.717, 1.165) is 38.3 Å². The third-order valence-electron chi connectivity index (χ3n) is 6.80. The van der Waals surface area contributed by atoms with Crippen LogP contribution in [0.3, 0.4) is 0 Å². The lowest BCUT2D eigenvalue weighted by molar-refractivity contribution is -0.154. The van der Waals surface area contributed by atoms with Crippen LogP contribution in [0.15, 0.2) is 22.3 Å². The van der Waals surface area contributed by atoms with Crippen LogP contribution in [-0.4, -0.2) is 52.4 Å². The second-order valence-corrected chi connectivity index (χ2v) is 10.0. The molecule has 2 aliphatic carbocycles.